The Morgan fingerprint density at radius 3 is 2.88 bits per heavy atom. The van der Waals surface area contributed by atoms with Crippen molar-refractivity contribution < 1.29 is 4.84 Å². The van der Waals surface area contributed by atoms with E-state index < -0.39 is 0 Å². The van der Waals surface area contributed by atoms with Gasteiger partial charge in [-0.05, 0) is 55.3 Å². The summed E-state index contributed by atoms with van der Waals surface area (Å²) in [5.74, 6) is 2.17. The van der Waals surface area contributed by atoms with Gasteiger partial charge >= 0.3 is 0 Å². The number of nitrogens with zero attached hydrogens (tertiary/aromatic N) is 5. The maximum Gasteiger partial charge on any atom is 0.147 e. The van der Waals surface area contributed by atoms with E-state index in [4.69, 9.17) is 4.84 Å². The Balaban J connectivity index is 1.31. The molecular weight excluding hydrogens is 318 g/mol. The minimum atomic E-state index is -0.0495. The van der Waals surface area contributed by atoms with Crippen LogP contribution in [0.3, 0.4) is 0 Å². The van der Waals surface area contributed by atoms with E-state index in [1.54, 1.807) is 22.5 Å². The molecule has 3 saturated carbocycles. The van der Waals surface area contributed by atoms with Crippen LogP contribution in [0.25, 0.3) is 11.4 Å². The van der Waals surface area contributed by atoms with Gasteiger partial charge in [-0.1, -0.05) is 0 Å². The predicted octanol–water partition coefficient (Wildman–Crippen LogP) is 1.90. The van der Waals surface area contributed by atoms with Crippen LogP contribution >= 0.6 is 0 Å². The van der Waals surface area contributed by atoms with E-state index in [0.717, 1.165) is 30.3 Å². The van der Waals surface area contributed by atoms with Crippen molar-refractivity contribution in [2.45, 2.75) is 37.7 Å². The van der Waals surface area contributed by atoms with Gasteiger partial charge in [0.15, 0.2) is 0 Å². The Morgan fingerprint density at radius 2 is 2.16 bits per heavy atom. The van der Waals surface area contributed by atoms with Gasteiger partial charge in [0.25, 0.3) is 0 Å². The molecule has 8 nitrogen and oxygen atoms in total. The summed E-state index contributed by atoms with van der Waals surface area (Å²) in [5.41, 5.74) is 8.27. The largest absolute Gasteiger partial charge is 0.266 e. The van der Waals surface area contributed by atoms with Crippen molar-refractivity contribution in [3.63, 3.8) is 0 Å². The van der Waals surface area contributed by atoms with Gasteiger partial charge in [-0.2, -0.15) is 5.10 Å². The first kappa shape index (κ1) is 15.2. The molecule has 4 fully saturated rings. The molecule has 3 heterocycles. The van der Waals surface area contributed by atoms with Crippen LogP contribution in [0.2, 0.25) is 0 Å². The highest BCUT2D eigenvalue weighted by Gasteiger charge is 2.52. The summed E-state index contributed by atoms with van der Waals surface area (Å²) >= 11 is 0. The van der Waals surface area contributed by atoms with Gasteiger partial charge in [0.05, 0.1) is 11.4 Å². The number of hydrazine groups is 2. The van der Waals surface area contributed by atoms with Crippen LogP contribution in [-0.4, -0.2) is 37.2 Å². The van der Waals surface area contributed by atoms with Crippen molar-refractivity contribution in [3.8, 4) is 11.4 Å². The van der Waals surface area contributed by atoms with Crippen molar-refractivity contribution in [3.05, 3.63) is 24.7 Å². The van der Waals surface area contributed by atoms with Gasteiger partial charge < -0.3 is 0 Å². The third-order valence-electron chi connectivity index (χ3n) is 5.99. The van der Waals surface area contributed by atoms with Crippen molar-refractivity contribution >= 4 is 5.82 Å². The molecular formula is C17H23N7O. The lowest BCUT2D eigenvalue weighted by Crippen LogP contribution is -2.50. The second kappa shape index (κ2) is 5.76. The molecule has 2 N–H and O–H groups in total. The molecule has 8 heteroatoms. The second-order valence-corrected chi connectivity index (χ2v) is 7.45. The van der Waals surface area contributed by atoms with E-state index in [2.05, 4.69) is 25.9 Å². The standard InChI is InChI=1S/C17H23N7O/c1-23-15(6-7-20-23)14-8-16(19-11-18-14)22-24-21-10-17(25-24)9-12-2-4-13(17)5-3-12/h6-8,11-13,21H,2-5,9-10H2,1H3,(H,18,19,22)/t12?,13?,17-/m0/s1. The Bertz CT molecular complexity index is 770. The topological polar surface area (TPSA) is 80.1 Å². The lowest BCUT2D eigenvalue weighted by atomic mass is 9.62. The SMILES string of the molecule is Cn1nccc1-c1cc(NN2NC[C@]3(CC4CCC3CC4)O2)ncn1. The molecule has 1 aliphatic heterocycles. The average molecular weight is 341 g/mol. The van der Waals surface area contributed by atoms with Crippen LogP contribution in [0.15, 0.2) is 24.7 Å². The van der Waals surface area contributed by atoms with E-state index in [1.165, 1.54) is 25.7 Å². The molecule has 1 saturated heterocycles. The van der Waals surface area contributed by atoms with Crippen molar-refractivity contribution in [1.82, 2.24) is 30.5 Å². The normalized spacial score (nSPS) is 31.7. The summed E-state index contributed by atoms with van der Waals surface area (Å²) in [6, 6.07) is 3.84. The molecule has 0 unspecified atom stereocenters. The summed E-state index contributed by atoms with van der Waals surface area (Å²) in [4.78, 5) is 15.0. The molecule has 25 heavy (non-hydrogen) atoms. The third-order valence-corrected chi connectivity index (χ3v) is 5.99. The molecule has 3 aliphatic carbocycles. The lowest BCUT2D eigenvalue weighted by molar-refractivity contribution is -0.235. The summed E-state index contributed by atoms with van der Waals surface area (Å²) in [6.45, 7) is 0.862. The number of rotatable bonds is 3. The first-order valence-electron chi connectivity index (χ1n) is 9.02. The number of aryl methyl sites for hydroxylation is 1. The van der Waals surface area contributed by atoms with E-state index >= 15 is 0 Å². The summed E-state index contributed by atoms with van der Waals surface area (Å²) < 4.78 is 1.80. The molecule has 0 amide bonds. The van der Waals surface area contributed by atoms with E-state index in [9.17, 15) is 0 Å². The number of hydrogen-bond acceptors (Lipinski definition) is 7. The summed E-state index contributed by atoms with van der Waals surface area (Å²) in [7, 11) is 1.90. The van der Waals surface area contributed by atoms with Gasteiger partial charge in [0.1, 0.15) is 17.7 Å². The molecule has 1 atom stereocenters. The van der Waals surface area contributed by atoms with E-state index in [1.807, 2.05) is 19.2 Å². The van der Waals surface area contributed by atoms with Crippen molar-refractivity contribution in [1.29, 1.82) is 0 Å². The van der Waals surface area contributed by atoms with Gasteiger partial charge in [-0.15, -0.1) is 0 Å². The molecule has 2 aromatic heterocycles. The molecule has 0 aromatic carbocycles. The molecule has 2 bridgehead atoms. The first-order chi connectivity index (χ1) is 12.2. The summed E-state index contributed by atoms with van der Waals surface area (Å²) in [6.07, 6.45) is 9.78. The molecule has 4 aliphatic rings. The smallest absolute Gasteiger partial charge is 0.147 e. The number of nitrogens with one attached hydrogen (secondary N) is 2. The highest BCUT2D eigenvalue weighted by Crippen LogP contribution is 2.50. The number of aromatic nitrogens is 4. The fourth-order valence-electron chi connectivity index (χ4n) is 4.68. The highest BCUT2D eigenvalue weighted by atomic mass is 16.8. The maximum atomic E-state index is 6.32. The fourth-order valence-corrected chi connectivity index (χ4v) is 4.68. The molecule has 1 spiro atoms. The van der Waals surface area contributed by atoms with Gasteiger partial charge in [0, 0.05) is 25.9 Å². The monoisotopic (exact) mass is 341 g/mol. The fraction of sp³-hybridized carbons (Fsp3) is 0.588. The van der Waals surface area contributed by atoms with Crippen LogP contribution in [0, 0.1) is 11.8 Å². The molecule has 2 aromatic rings. The second-order valence-electron chi connectivity index (χ2n) is 7.45. The van der Waals surface area contributed by atoms with Gasteiger partial charge in [-0.25, -0.2) is 15.4 Å². The zero-order chi connectivity index (χ0) is 16.9. The Hall–Kier alpha value is -2.03. The highest BCUT2D eigenvalue weighted by molar-refractivity contribution is 5.57. The molecule has 6 rings (SSSR count). The van der Waals surface area contributed by atoms with Crippen LogP contribution in [0.5, 0.6) is 0 Å². The quantitative estimate of drug-likeness (QED) is 0.882. The molecule has 0 radical (unpaired) electrons. The Labute approximate surface area is 146 Å². The predicted molar refractivity (Wildman–Crippen MR) is 91.6 cm³/mol. The van der Waals surface area contributed by atoms with Crippen LogP contribution < -0.4 is 10.9 Å². The summed E-state index contributed by atoms with van der Waals surface area (Å²) in [5, 5.41) is 5.83. The van der Waals surface area contributed by atoms with E-state index in [-0.39, 0.29) is 5.60 Å². The number of anilines is 1. The maximum absolute atomic E-state index is 6.32. The van der Waals surface area contributed by atoms with Crippen LogP contribution in [-0.2, 0) is 11.9 Å². The Kier molecular flexibility index (Phi) is 3.51. The first-order valence-corrected chi connectivity index (χ1v) is 9.02. The van der Waals surface area contributed by atoms with Gasteiger partial charge in [-0.3, -0.25) is 14.9 Å². The Morgan fingerprint density at radius 1 is 1.28 bits per heavy atom. The van der Waals surface area contributed by atoms with Crippen LogP contribution in [0.4, 0.5) is 5.82 Å². The zero-order valence-corrected chi connectivity index (χ0v) is 14.4. The average Bonchev–Trinajstić information content (AvgIpc) is 3.23. The molecule has 132 valence electrons. The zero-order valence-electron chi connectivity index (χ0n) is 14.4. The minimum absolute atomic E-state index is 0.0495. The van der Waals surface area contributed by atoms with Crippen LogP contribution in [0.1, 0.15) is 32.1 Å². The third kappa shape index (κ3) is 2.61. The van der Waals surface area contributed by atoms with Crippen molar-refractivity contribution in [2.75, 3.05) is 12.0 Å². The lowest BCUT2D eigenvalue weighted by Gasteiger charge is -2.47. The van der Waals surface area contributed by atoms with E-state index in [0.29, 0.717) is 11.7 Å². The number of hydrogen-bond donors (Lipinski definition) is 2. The number of fused-ring (bicyclic) bond motifs is 2. The minimum Gasteiger partial charge on any atom is -0.266 e. The van der Waals surface area contributed by atoms with Crippen molar-refractivity contribution in [2.24, 2.45) is 18.9 Å². The van der Waals surface area contributed by atoms with Gasteiger partial charge in [0.2, 0.25) is 0 Å².